The highest BCUT2D eigenvalue weighted by molar-refractivity contribution is 7.11. The Hall–Kier alpha value is -3.47. The number of hydrogen-bond acceptors (Lipinski definition) is 8. The van der Waals surface area contributed by atoms with E-state index in [1.54, 1.807) is 12.3 Å². The van der Waals surface area contributed by atoms with E-state index in [0.717, 1.165) is 5.56 Å². The molecule has 10 nitrogen and oxygen atoms in total. The van der Waals surface area contributed by atoms with Gasteiger partial charge in [0.2, 0.25) is 16.8 Å². The van der Waals surface area contributed by atoms with Crippen molar-refractivity contribution in [1.29, 1.82) is 0 Å². The number of ether oxygens (including phenoxy) is 2. The summed E-state index contributed by atoms with van der Waals surface area (Å²) in [4.78, 5) is 56.2. The number of carbonyl (C=O) groups is 4. The zero-order valence-electron chi connectivity index (χ0n) is 25.8. The minimum absolute atomic E-state index is 0.0762. The fraction of sp³-hybridized carbons (Fsp3) is 0.581. The van der Waals surface area contributed by atoms with Gasteiger partial charge in [0.05, 0.1) is 18.3 Å². The number of rotatable bonds is 16. The highest BCUT2D eigenvalue weighted by atomic mass is 32.1. The van der Waals surface area contributed by atoms with Crippen molar-refractivity contribution in [3.8, 4) is 0 Å². The summed E-state index contributed by atoms with van der Waals surface area (Å²) in [5, 5.41) is 10.6. The highest BCUT2D eigenvalue weighted by Gasteiger charge is 2.30. The SMILES string of the molecule is CCOC(=O)c1nc([C@H](CC(C)C)NC(=O)[C@H](CC(C)C)NC(=O)[C@H](CC(C)C)NC(=O)OCc2ccccc2)cs1. The lowest BCUT2D eigenvalue weighted by Crippen LogP contribution is -2.54. The first-order valence-corrected chi connectivity index (χ1v) is 15.5. The van der Waals surface area contributed by atoms with Crippen LogP contribution in [0.25, 0.3) is 0 Å². The molecule has 42 heavy (non-hydrogen) atoms. The summed E-state index contributed by atoms with van der Waals surface area (Å²) in [6, 6.07) is 7.09. The number of esters is 1. The maximum absolute atomic E-state index is 13.6. The van der Waals surface area contributed by atoms with E-state index >= 15 is 0 Å². The Balaban J connectivity index is 2.16. The van der Waals surface area contributed by atoms with Crippen LogP contribution >= 0.6 is 11.3 Å². The van der Waals surface area contributed by atoms with Crippen LogP contribution in [0.3, 0.4) is 0 Å². The Morgan fingerprint density at radius 1 is 0.786 bits per heavy atom. The van der Waals surface area contributed by atoms with E-state index in [1.165, 1.54) is 11.3 Å². The van der Waals surface area contributed by atoms with Gasteiger partial charge in [-0.1, -0.05) is 71.9 Å². The Morgan fingerprint density at radius 3 is 1.93 bits per heavy atom. The molecule has 2 rings (SSSR count). The average molecular weight is 603 g/mol. The molecule has 1 aromatic carbocycles. The molecule has 0 unspecified atom stereocenters. The van der Waals surface area contributed by atoms with Crippen LogP contribution in [-0.2, 0) is 25.7 Å². The topological polar surface area (TPSA) is 136 Å². The van der Waals surface area contributed by atoms with Gasteiger partial charge in [-0.25, -0.2) is 14.6 Å². The number of carbonyl (C=O) groups excluding carboxylic acids is 4. The van der Waals surface area contributed by atoms with Crippen molar-refractivity contribution in [2.24, 2.45) is 17.8 Å². The van der Waals surface area contributed by atoms with Gasteiger partial charge in [-0.3, -0.25) is 9.59 Å². The van der Waals surface area contributed by atoms with Gasteiger partial charge in [0.25, 0.3) is 0 Å². The van der Waals surface area contributed by atoms with Gasteiger partial charge < -0.3 is 25.4 Å². The number of nitrogens with zero attached hydrogens (tertiary/aromatic N) is 1. The zero-order chi connectivity index (χ0) is 31.2. The fourth-order valence-corrected chi connectivity index (χ4v) is 5.08. The van der Waals surface area contributed by atoms with E-state index in [-0.39, 0.29) is 41.9 Å². The number of nitrogens with one attached hydrogen (secondary N) is 3. The fourth-order valence-electron chi connectivity index (χ4n) is 4.32. The minimum Gasteiger partial charge on any atom is -0.461 e. The third kappa shape index (κ3) is 12.2. The first-order valence-electron chi connectivity index (χ1n) is 14.6. The molecule has 0 spiro atoms. The van der Waals surface area contributed by atoms with Gasteiger partial charge in [-0.15, -0.1) is 11.3 Å². The quantitative estimate of drug-likeness (QED) is 0.219. The molecule has 2 aromatic rings. The average Bonchev–Trinajstić information content (AvgIpc) is 3.41. The number of amides is 3. The van der Waals surface area contributed by atoms with Crippen LogP contribution in [0.5, 0.6) is 0 Å². The van der Waals surface area contributed by atoms with Gasteiger partial charge in [-0.2, -0.15) is 0 Å². The molecular formula is C31H46N4O6S. The highest BCUT2D eigenvalue weighted by Crippen LogP contribution is 2.24. The number of benzene rings is 1. The molecular weight excluding hydrogens is 556 g/mol. The molecule has 0 aliphatic heterocycles. The molecule has 0 aliphatic carbocycles. The summed E-state index contributed by atoms with van der Waals surface area (Å²) >= 11 is 1.17. The van der Waals surface area contributed by atoms with Gasteiger partial charge in [0.1, 0.15) is 18.7 Å². The maximum atomic E-state index is 13.6. The second kappa shape index (κ2) is 17.5. The lowest BCUT2D eigenvalue weighted by molar-refractivity contribution is -0.131. The monoisotopic (exact) mass is 602 g/mol. The maximum Gasteiger partial charge on any atom is 0.408 e. The van der Waals surface area contributed by atoms with E-state index in [4.69, 9.17) is 9.47 Å². The molecule has 0 saturated carbocycles. The Labute approximate surface area is 253 Å². The number of aromatic nitrogens is 1. The van der Waals surface area contributed by atoms with Gasteiger partial charge in [0.15, 0.2) is 0 Å². The Kier molecular flexibility index (Phi) is 14.5. The van der Waals surface area contributed by atoms with E-state index in [9.17, 15) is 19.2 Å². The molecule has 3 atom stereocenters. The van der Waals surface area contributed by atoms with Gasteiger partial charge in [0, 0.05) is 5.38 Å². The minimum atomic E-state index is -0.882. The second-order valence-corrected chi connectivity index (χ2v) is 12.4. The molecule has 3 amide bonds. The summed E-state index contributed by atoms with van der Waals surface area (Å²) < 4.78 is 10.4. The lowest BCUT2D eigenvalue weighted by Gasteiger charge is -2.27. The normalized spacial score (nSPS) is 13.4. The van der Waals surface area contributed by atoms with Crippen LogP contribution in [0.15, 0.2) is 35.7 Å². The molecule has 1 heterocycles. The Bertz CT molecular complexity index is 1150. The zero-order valence-corrected chi connectivity index (χ0v) is 26.6. The molecule has 0 saturated heterocycles. The van der Waals surface area contributed by atoms with E-state index in [1.807, 2.05) is 71.9 Å². The summed E-state index contributed by atoms with van der Waals surface area (Å²) in [6.45, 7) is 13.9. The smallest absolute Gasteiger partial charge is 0.408 e. The summed E-state index contributed by atoms with van der Waals surface area (Å²) in [6.07, 6.45) is 0.644. The van der Waals surface area contributed by atoms with Crippen LogP contribution in [0.2, 0.25) is 0 Å². The van der Waals surface area contributed by atoms with Crippen LogP contribution in [0.1, 0.15) is 94.8 Å². The van der Waals surface area contributed by atoms with E-state index < -0.39 is 36.1 Å². The van der Waals surface area contributed by atoms with E-state index in [0.29, 0.717) is 25.0 Å². The Morgan fingerprint density at radius 2 is 1.36 bits per heavy atom. The van der Waals surface area contributed by atoms with Crippen molar-refractivity contribution in [2.75, 3.05) is 6.61 Å². The largest absolute Gasteiger partial charge is 0.461 e. The number of hydrogen-bond donors (Lipinski definition) is 3. The van der Waals surface area contributed by atoms with Gasteiger partial charge >= 0.3 is 12.1 Å². The third-order valence-electron chi connectivity index (χ3n) is 6.22. The summed E-state index contributed by atoms with van der Waals surface area (Å²) in [5.74, 6) is -0.891. The first kappa shape index (κ1) is 34.7. The van der Waals surface area contributed by atoms with Crippen LogP contribution in [0.4, 0.5) is 4.79 Å². The molecule has 0 aliphatic rings. The first-order chi connectivity index (χ1) is 19.9. The van der Waals surface area contributed by atoms with Crippen LogP contribution in [0, 0.1) is 17.8 Å². The second-order valence-electron chi connectivity index (χ2n) is 11.6. The third-order valence-corrected chi connectivity index (χ3v) is 7.06. The molecule has 11 heteroatoms. The predicted molar refractivity (Wildman–Crippen MR) is 163 cm³/mol. The standard InChI is InChI=1S/C31H46N4O6S/c1-8-40-30(38)29-34-26(18-42-29)23(14-19(2)3)32-27(36)24(15-20(4)5)33-28(37)25(16-21(6)7)35-31(39)41-17-22-12-10-9-11-13-22/h9-13,18-21,23-25H,8,14-17H2,1-7H3,(H,32,36)(H,33,37)(H,35,39)/t23-,24-,25-/m0/s1. The van der Waals surface area contributed by atoms with Crippen molar-refractivity contribution in [3.05, 3.63) is 52.0 Å². The van der Waals surface area contributed by atoms with Crippen molar-refractivity contribution >= 4 is 35.2 Å². The van der Waals surface area contributed by atoms with Crippen LogP contribution < -0.4 is 16.0 Å². The molecule has 0 radical (unpaired) electrons. The summed E-state index contributed by atoms with van der Waals surface area (Å²) in [5.41, 5.74) is 1.40. The number of thiazole rings is 1. The van der Waals surface area contributed by atoms with Crippen molar-refractivity contribution in [2.45, 2.75) is 92.5 Å². The molecule has 0 fully saturated rings. The number of alkyl carbamates (subject to hydrolysis) is 1. The molecule has 1 aromatic heterocycles. The van der Waals surface area contributed by atoms with Crippen molar-refractivity contribution in [3.63, 3.8) is 0 Å². The summed E-state index contributed by atoms with van der Waals surface area (Å²) in [7, 11) is 0. The van der Waals surface area contributed by atoms with Crippen molar-refractivity contribution < 1.29 is 28.7 Å². The van der Waals surface area contributed by atoms with Crippen molar-refractivity contribution in [1.82, 2.24) is 20.9 Å². The van der Waals surface area contributed by atoms with Crippen LogP contribution in [-0.4, -0.2) is 47.6 Å². The lowest BCUT2D eigenvalue weighted by atomic mass is 9.98. The van der Waals surface area contributed by atoms with E-state index in [2.05, 4.69) is 20.9 Å². The molecule has 0 bridgehead atoms. The molecule has 3 N–H and O–H groups in total. The van der Waals surface area contributed by atoms with Gasteiger partial charge in [-0.05, 0) is 49.5 Å². The predicted octanol–water partition coefficient (Wildman–Crippen LogP) is 5.40. The molecule has 232 valence electrons.